The van der Waals surface area contributed by atoms with E-state index in [1.54, 1.807) is 24.3 Å². The number of methoxy groups -OCH3 is 1. The molecule has 0 aliphatic carbocycles. The van der Waals surface area contributed by atoms with Crippen LogP contribution < -0.4 is 4.74 Å². The first-order valence-electron chi connectivity index (χ1n) is 4.50. The molecular formula is C12H12O3. The van der Waals surface area contributed by atoms with Crippen molar-refractivity contribution in [2.75, 3.05) is 7.11 Å². The van der Waals surface area contributed by atoms with Crippen molar-refractivity contribution in [3.05, 3.63) is 35.4 Å². The predicted molar refractivity (Wildman–Crippen MR) is 58.1 cm³/mol. The lowest BCUT2D eigenvalue weighted by Gasteiger charge is -2.06. The van der Waals surface area contributed by atoms with Gasteiger partial charge in [0.1, 0.15) is 12.0 Å². The van der Waals surface area contributed by atoms with Gasteiger partial charge in [0.2, 0.25) is 0 Å². The van der Waals surface area contributed by atoms with Gasteiger partial charge in [-0.15, -0.1) is 0 Å². The van der Waals surface area contributed by atoms with Crippen LogP contribution in [0.5, 0.6) is 5.75 Å². The quantitative estimate of drug-likeness (QED) is 0.428. The van der Waals surface area contributed by atoms with Crippen LogP contribution in [-0.4, -0.2) is 19.2 Å². The minimum atomic E-state index is -0.0437. The van der Waals surface area contributed by atoms with Crippen LogP contribution in [0.3, 0.4) is 0 Å². The third-order valence-corrected chi connectivity index (χ3v) is 1.97. The molecule has 0 N–H and O–H groups in total. The molecule has 0 heterocycles. The lowest BCUT2D eigenvalue weighted by atomic mass is 10.1. The summed E-state index contributed by atoms with van der Waals surface area (Å²) in [5.41, 5.74) is 1.37. The smallest absolute Gasteiger partial charge is 0.163 e. The lowest BCUT2D eigenvalue weighted by molar-refractivity contribution is -0.104. The van der Waals surface area contributed by atoms with Gasteiger partial charge in [0.15, 0.2) is 5.78 Å². The van der Waals surface area contributed by atoms with Crippen LogP contribution in [0.1, 0.15) is 22.8 Å². The number of allylic oxidation sites excluding steroid dienone is 1. The van der Waals surface area contributed by atoms with Crippen molar-refractivity contribution in [1.29, 1.82) is 0 Å². The zero-order valence-electron chi connectivity index (χ0n) is 8.69. The monoisotopic (exact) mass is 204 g/mol. The van der Waals surface area contributed by atoms with Crippen LogP contribution in [0.15, 0.2) is 24.3 Å². The highest BCUT2D eigenvalue weighted by atomic mass is 16.5. The van der Waals surface area contributed by atoms with Gasteiger partial charge in [-0.1, -0.05) is 12.1 Å². The summed E-state index contributed by atoms with van der Waals surface area (Å²) < 4.78 is 5.08. The van der Waals surface area contributed by atoms with Crippen LogP contribution in [0, 0.1) is 0 Å². The zero-order chi connectivity index (χ0) is 11.3. The summed E-state index contributed by atoms with van der Waals surface area (Å²) in [6.45, 7) is 1.48. The predicted octanol–water partition coefficient (Wildman–Crippen LogP) is 2.11. The Labute approximate surface area is 88.4 Å². The molecule has 3 heteroatoms. The van der Waals surface area contributed by atoms with E-state index in [0.29, 0.717) is 17.6 Å². The first-order chi connectivity index (χ1) is 7.19. The number of ketones is 1. The van der Waals surface area contributed by atoms with Gasteiger partial charge < -0.3 is 4.74 Å². The number of Topliss-reactive ketones (excluding diaryl/α,β-unsaturated/α-hetero) is 1. The Morgan fingerprint density at radius 2 is 2.13 bits per heavy atom. The molecule has 1 aromatic carbocycles. The topological polar surface area (TPSA) is 43.4 Å². The standard InChI is InChI=1S/C12H12O3/c1-9(14)11-6-5-10(4-3-7-13)8-12(11)15-2/h3-8H,1-2H3. The van der Waals surface area contributed by atoms with Crippen molar-refractivity contribution in [1.82, 2.24) is 0 Å². The highest BCUT2D eigenvalue weighted by molar-refractivity contribution is 5.97. The summed E-state index contributed by atoms with van der Waals surface area (Å²) in [5.74, 6) is 0.480. The minimum absolute atomic E-state index is 0.0437. The lowest BCUT2D eigenvalue weighted by Crippen LogP contribution is -1.97. The third kappa shape index (κ3) is 2.77. The van der Waals surface area contributed by atoms with E-state index in [-0.39, 0.29) is 5.78 Å². The molecule has 0 aromatic heterocycles. The second-order valence-corrected chi connectivity index (χ2v) is 3.01. The van der Waals surface area contributed by atoms with E-state index in [1.165, 1.54) is 20.1 Å². The van der Waals surface area contributed by atoms with Gasteiger partial charge in [-0.2, -0.15) is 0 Å². The molecule has 0 fully saturated rings. The molecule has 1 aromatic rings. The largest absolute Gasteiger partial charge is 0.496 e. The molecule has 0 saturated carbocycles. The molecule has 0 radical (unpaired) electrons. The average Bonchev–Trinajstić information content (AvgIpc) is 2.25. The SMILES string of the molecule is COc1cc(C=CC=O)ccc1C(C)=O. The van der Waals surface area contributed by atoms with E-state index in [1.807, 2.05) is 0 Å². The highest BCUT2D eigenvalue weighted by Crippen LogP contribution is 2.21. The van der Waals surface area contributed by atoms with Crippen LogP contribution >= 0.6 is 0 Å². The normalized spacial score (nSPS) is 10.3. The number of aldehydes is 1. The van der Waals surface area contributed by atoms with Gasteiger partial charge in [-0.25, -0.2) is 0 Å². The second-order valence-electron chi connectivity index (χ2n) is 3.01. The molecule has 0 aliphatic rings. The third-order valence-electron chi connectivity index (χ3n) is 1.97. The van der Waals surface area contributed by atoms with Crippen molar-refractivity contribution in [3.8, 4) is 5.75 Å². The summed E-state index contributed by atoms with van der Waals surface area (Å²) in [6.07, 6.45) is 3.74. The Kier molecular flexibility index (Phi) is 3.80. The number of ether oxygens (including phenoxy) is 1. The van der Waals surface area contributed by atoms with Crippen LogP contribution in [0.4, 0.5) is 0 Å². The molecule has 0 atom stereocenters. The first-order valence-corrected chi connectivity index (χ1v) is 4.50. The molecular weight excluding hydrogens is 192 g/mol. The van der Waals surface area contributed by atoms with Crippen LogP contribution in [0.25, 0.3) is 6.08 Å². The van der Waals surface area contributed by atoms with Gasteiger partial charge in [-0.05, 0) is 30.7 Å². The maximum atomic E-state index is 11.2. The summed E-state index contributed by atoms with van der Waals surface area (Å²) in [5, 5.41) is 0. The number of carbonyl (C=O) groups excluding carboxylic acids is 2. The maximum Gasteiger partial charge on any atom is 0.163 e. The van der Waals surface area contributed by atoms with E-state index in [9.17, 15) is 9.59 Å². The van der Waals surface area contributed by atoms with Crippen molar-refractivity contribution in [3.63, 3.8) is 0 Å². The van der Waals surface area contributed by atoms with Crippen molar-refractivity contribution < 1.29 is 14.3 Å². The van der Waals surface area contributed by atoms with E-state index >= 15 is 0 Å². The summed E-state index contributed by atoms with van der Waals surface area (Å²) >= 11 is 0. The van der Waals surface area contributed by atoms with Gasteiger partial charge in [0.05, 0.1) is 12.7 Å². The minimum Gasteiger partial charge on any atom is -0.496 e. The van der Waals surface area contributed by atoms with E-state index in [4.69, 9.17) is 4.74 Å². The van der Waals surface area contributed by atoms with E-state index in [0.717, 1.165) is 5.56 Å². The average molecular weight is 204 g/mol. The number of carbonyl (C=O) groups is 2. The molecule has 0 spiro atoms. The number of benzene rings is 1. The van der Waals surface area contributed by atoms with Crippen molar-refractivity contribution in [2.24, 2.45) is 0 Å². The molecule has 0 unspecified atom stereocenters. The fourth-order valence-electron chi connectivity index (χ4n) is 1.25. The maximum absolute atomic E-state index is 11.2. The Balaban J connectivity index is 3.12. The summed E-state index contributed by atoms with van der Waals surface area (Å²) in [4.78, 5) is 21.3. The molecule has 3 nitrogen and oxygen atoms in total. The van der Waals surface area contributed by atoms with Crippen LogP contribution in [0.2, 0.25) is 0 Å². The highest BCUT2D eigenvalue weighted by Gasteiger charge is 2.07. The summed E-state index contributed by atoms with van der Waals surface area (Å²) in [7, 11) is 1.51. The molecule has 0 aliphatic heterocycles. The van der Waals surface area contributed by atoms with Gasteiger partial charge >= 0.3 is 0 Å². The Morgan fingerprint density at radius 3 is 2.67 bits per heavy atom. The van der Waals surface area contributed by atoms with Crippen molar-refractivity contribution in [2.45, 2.75) is 6.92 Å². The van der Waals surface area contributed by atoms with Crippen molar-refractivity contribution >= 4 is 18.1 Å². The zero-order valence-corrected chi connectivity index (χ0v) is 8.69. The fraction of sp³-hybridized carbons (Fsp3) is 0.167. The van der Waals surface area contributed by atoms with E-state index < -0.39 is 0 Å². The van der Waals surface area contributed by atoms with E-state index in [2.05, 4.69) is 0 Å². The van der Waals surface area contributed by atoms with Gasteiger partial charge in [-0.3, -0.25) is 9.59 Å². The molecule has 15 heavy (non-hydrogen) atoms. The van der Waals surface area contributed by atoms with Gasteiger partial charge in [0, 0.05) is 0 Å². The van der Waals surface area contributed by atoms with Crippen LogP contribution in [-0.2, 0) is 4.79 Å². The summed E-state index contributed by atoms with van der Waals surface area (Å²) in [6, 6.07) is 5.17. The molecule has 0 bridgehead atoms. The second kappa shape index (κ2) is 5.10. The number of hydrogen-bond acceptors (Lipinski definition) is 3. The Hall–Kier alpha value is -1.90. The molecule has 78 valence electrons. The van der Waals surface area contributed by atoms with Gasteiger partial charge in [0.25, 0.3) is 0 Å². The Bertz CT molecular complexity index is 405. The first kappa shape index (κ1) is 11.2. The fourth-order valence-corrected chi connectivity index (χ4v) is 1.25. The molecule has 0 amide bonds. The number of hydrogen-bond donors (Lipinski definition) is 0. The Morgan fingerprint density at radius 1 is 1.40 bits per heavy atom. The number of rotatable bonds is 4. The molecule has 0 saturated heterocycles. The molecule has 1 rings (SSSR count).